The van der Waals surface area contributed by atoms with Gasteiger partial charge < -0.3 is 24.9 Å². The van der Waals surface area contributed by atoms with Gasteiger partial charge >= 0.3 is 6.03 Å². The van der Waals surface area contributed by atoms with Crippen LogP contribution in [0.1, 0.15) is 30.5 Å². The molecule has 0 bridgehead atoms. The van der Waals surface area contributed by atoms with Crippen LogP contribution in [-0.4, -0.2) is 24.8 Å². The third-order valence-corrected chi connectivity index (χ3v) is 3.30. The Morgan fingerprint density at radius 1 is 1.36 bits per heavy atom. The molecule has 2 aromatic rings. The van der Waals surface area contributed by atoms with Gasteiger partial charge in [0.15, 0.2) is 0 Å². The van der Waals surface area contributed by atoms with Gasteiger partial charge in [-0.25, -0.2) is 4.79 Å². The largest absolute Gasteiger partial charge is 0.467 e. The number of aliphatic hydroxyl groups excluding tert-OH is 1. The van der Waals surface area contributed by atoms with E-state index in [4.69, 9.17) is 9.15 Å². The van der Waals surface area contributed by atoms with Crippen molar-refractivity contribution >= 4 is 11.7 Å². The highest BCUT2D eigenvalue weighted by Crippen LogP contribution is 2.19. The molecule has 0 saturated carbocycles. The highest BCUT2D eigenvalue weighted by Gasteiger charge is 2.12. The number of methoxy groups -OCH3 is 1. The molecule has 118 valence electrons. The first-order valence-corrected chi connectivity index (χ1v) is 6.99. The summed E-state index contributed by atoms with van der Waals surface area (Å²) in [5.74, 6) is 0.413. The molecule has 1 heterocycles. The molecule has 2 amide bonds. The predicted molar refractivity (Wildman–Crippen MR) is 82.6 cm³/mol. The van der Waals surface area contributed by atoms with E-state index in [2.05, 4.69) is 10.6 Å². The Balaban J connectivity index is 1.87. The number of nitrogens with one attached hydrogen (secondary N) is 2. The van der Waals surface area contributed by atoms with Crippen LogP contribution in [0.2, 0.25) is 0 Å². The van der Waals surface area contributed by atoms with E-state index in [1.54, 1.807) is 25.3 Å². The molecule has 0 aliphatic heterocycles. The molecule has 2 unspecified atom stereocenters. The summed E-state index contributed by atoms with van der Waals surface area (Å²) in [6.07, 6.45) is 0.548. The van der Waals surface area contributed by atoms with Crippen LogP contribution < -0.4 is 10.6 Å². The Labute approximate surface area is 129 Å². The molecule has 0 spiro atoms. The SMILES string of the molecule is COC(C)c1cccc(NC(=O)NCC(O)c2ccco2)c1. The van der Waals surface area contributed by atoms with Crippen molar-refractivity contribution in [3.63, 3.8) is 0 Å². The fourth-order valence-electron chi connectivity index (χ4n) is 1.95. The van der Waals surface area contributed by atoms with Crippen molar-refractivity contribution in [2.75, 3.05) is 19.0 Å². The van der Waals surface area contributed by atoms with E-state index < -0.39 is 12.1 Å². The minimum atomic E-state index is -0.874. The molecule has 0 aliphatic carbocycles. The number of aliphatic hydroxyl groups is 1. The highest BCUT2D eigenvalue weighted by molar-refractivity contribution is 5.89. The molecule has 1 aromatic heterocycles. The molecule has 2 rings (SSSR count). The summed E-state index contributed by atoms with van der Waals surface area (Å²) in [5.41, 5.74) is 1.63. The Kier molecular flexibility index (Phi) is 5.57. The van der Waals surface area contributed by atoms with E-state index >= 15 is 0 Å². The summed E-state index contributed by atoms with van der Waals surface area (Å²) in [5, 5.41) is 15.1. The second-order valence-corrected chi connectivity index (χ2v) is 4.87. The smallest absolute Gasteiger partial charge is 0.319 e. The van der Waals surface area contributed by atoms with Gasteiger partial charge in [0, 0.05) is 12.8 Å². The van der Waals surface area contributed by atoms with Gasteiger partial charge in [0.1, 0.15) is 11.9 Å². The van der Waals surface area contributed by atoms with E-state index in [-0.39, 0.29) is 12.6 Å². The monoisotopic (exact) mass is 304 g/mol. The number of carbonyl (C=O) groups is 1. The van der Waals surface area contributed by atoms with Crippen LogP contribution in [0.5, 0.6) is 0 Å². The molecule has 6 nitrogen and oxygen atoms in total. The fourth-order valence-corrected chi connectivity index (χ4v) is 1.95. The second-order valence-electron chi connectivity index (χ2n) is 4.87. The quantitative estimate of drug-likeness (QED) is 0.766. The third kappa shape index (κ3) is 4.34. The lowest BCUT2D eigenvalue weighted by Crippen LogP contribution is -2.32. The van der Waals surface area contributed by atoms with Gasteiger partial charge in [-0.3, -0.25) is 0 Å². The molecule has 6 heteroatoms. The maximum Gasteiger partial charge on any atom is 0.319 e. The van der Waals surface area contributed by atoms with Crippen LogP contribution in [-0.2, 0) is 4.74 Å². The molecule has 0 fully saturated rings. The van der Waals surface area contributed by atoms with Gasteiger partial charge in [-0.1, -0.05) is 12.1 Å². The maximum atomic E-state index is 11.8. The number of hydrogen-bond donors (Lipinski definition) is 3. The first-order chi connectivity index (χ1) is 10.6. The molecular weight excluding hydrogens is 284 g/mol. The van der Waals surface area contributed by atoms with Gasteiger partial charge in [-0.2, -0.15) is 0 Å². The van der Waals surface area contributed by atoms with E-state index in [1.165, 1.54) is 6.26 Å². The zero-order chi connectivity index (χ0) is 15.9. The number of carbonyl (C=O) groups excluding carboxylic acids is 1. The zero-order valence-electron chi connectivity index (χ0n) is 12.6. The van der Waals surface area contributed by atoms with Crippen molar-refractivity contribution < 1.29 is 19.1 Å². The summed E-state index contributed by atoms with van der Waals surface area (Å²) in [7, 11) is 1.63. The molecule has 0 radical (unpaired) electrons. The molecule has 3 N–H and O–H groups in total. The number of hydrogen-bond acceptors (Lipinski definition) is 4. The van der Waals surface area contributed by atoms with E-state index in [0.29, 0.717) is 11.4 Å². The van der Waals surface area contributed by atoms with Gasteiger partial charge in [0.2, 0.25) is 0 Å². The normalized spacial score (nSPS) is 13.4. The topological polar surface area (TPSA) is 83.7 Å². The number of amides is 2. The van der Waals surface area contributed by atoms with Gasteiger partial charge in [0.05, 0.1) is 18.9 Å². The third-order valence-electron chi connectivity index (χ3n) is 3.30. The first kappa shape index (κ1) is 16.1. The van der Waals surface area contributed by atoms with Crippen LogP contribution in [0, 0.1) is 0 Å². The van der Waals surface area contributed by atoms with E-state index in [0.717, 1.165) is 5.56 Å². The number of rotatable bonds is 6. The van der Waals surface area contributed by atoms with Gasteiger partial charge in [0.25, 0.3) is 0 Å². The Morgan fingerprint density at radius 3 is 2.86 bits per heavy atom. The van der Waals surface area contributed by atoms with Crippen LogP contribution in [0.25, 0.3) is 0 Å². The van der Waals surface area contributed by atoms with Crippen molar-refractivity contribution in [1.29, 1.82) is 0 Å². The average Bonchev–Trinajstić information content (AvgIpc) is 3.06. The predicted octanol–water partition coefficient (Wildman–Crippen LogP) is 2.84. The fraction of sp³-hybridized carbons (Fsp3) is 0.312. The summed E-state index contributed by atoms with van der Waals surface area (Å²) in [4.78, 5) is 11.8. The van der Waals surface area contributed by atoms with E-state index in [9.17, 15) is 9.90 Å². The van der Waals surface area contributed by atoms with Gasteiger partial charge in [-0.15, -0.1) is 0 Å². The molecule has 2 atom stereocenters. The standard InChI is InChI=1S/C16H20N2O4/c1-11(21-2)12-5-3-6-13(9-12)18-16(20)17-10-14(19)15-7-4-8-22-15/h3-9,11,14,19H,10H2,1-2H3,(H2,17,18,20). The highest BCUT2D eigenvalue weighted by atomic mass is 16.5. The average molecular weight is 304 g/mol. The second kappa shape index (κ2) is 7.63. The minimum Gasteiger partial charge on any atom is -0.467 e. The number of urea groups is 1. The molecule has 1 aromatic carbocycles. The molecule has 22 heavy (non-hydrogen) atoms. The number of ether oxygens (including phenoxy) is 1. The summed E-state index contributed by atoms with van der Waals surface area (Å²) < 4.78 is 10.3. The summed E-state index contributed by atoms with van der Waals surface area (Å²) >= 11 is 0. The van der Waals surface area contributed by atoms with Crippen LogP contribution in [0.15, 0.2) is 47.1 Å². The minimum absolute atomic E-state index is 0.0504. The Hall–Kier alpha value is -2.31. The molecule has 0 aliphatic rings. The number of benzene rings is 1. The number of furan rings is 1. The Morgan fingerprint density at radius 2 is 2.18 bits per heavy atom. The Bertz CT molecular complexity index is 598. The maximum absolute atomic E-state index is 11.8. The molecule has 0 saturated heterocycles. The van der Waals surface area contributed by atoms with Crippen molar-refractivity contribution in [1.82, 2.24) is 5.32 Å². The lowest BCUT2D eigenvalue weighted by Gasteiger charge is -2.13. The van der Waals surface area contributed by atoms with E-state index in [1.807, 2.05) is 25.1 Å². The molecular formula is C16H20N2O4. The lowest BCUT2D eigenvalue weighted by molar-refractivity contribution is 0.119. The number of anilines is 1. The zero-order valence-corrected chi connectivity index (χ0v) is 12.6. The van der Waals surface area contributed by atoms with Crippen LogP contribution >= 0.6 is 0 Å². The lowest BCUT2D eigenvalue weighted by atomic mass is 10.1. The van der Waals surface area contributed by atoms with Crippen molar-refractivity contribution in [2.45, 2.75) is 19.1 Å². The van der Waals surface area contributed by atoms with Gasteiger partial charge in [-0.05, 0) is 36.8 Å². The first-order valence-electron chi connectivity index (χ1n) is 6.99. The van der Waals surface area contributed by atoms with Crippen LogP contribution in [0.4, 0.5) is 10.5 Å². The van der Waals surface area contributed by atoms with Crippen molar-refractivity contribution in [2.24, 2.45) is 0 Å². The summed E-state index contributed by atoms with van der Waals surface area (Å²) in [6.45, 7) is 1.99. The van der Waals surface area contributed by atoms with Crippen molar-refractivity contribution in [3.8, 4) is 0 Å². The van der Waals surface area contributed by atoms with Crippen LogP contribution in [0.3, 0.4) is 0 Å². The summed E-state index contributed by atoms with van der Waals surface area (Å²) in [6, 6.07) is 10.3. The van der Waals surface area contributed by atoms with Crippen molar-refractivity contribution in [3.05, 3.63) is 54.0 Å².